The van der Waals surface area contributed by atoms with E-state index in [-0.39, 0.29) is 35.6 Å². The summed E-state index contributed by atoms with van der Waals surface area (Å²) in [6, 6.07) is 17.6. The molecule has 0 spiro atoms. The fourth-order valence-corrected chi connectivity index (χ4v) is 3.85. The van der Waals surface area contributed by atoms with Crippen LogP contribution in [0.1, 0.15) is 12.0 Å². The van der Waals surface area contributed by atoms with E-state index in [9.17, 15) is 14.0 Å². The largest absolute Gasteiger partial charge is 0.326 e. The summed E-state index contributed by atoms with van der Waals surface area (Å²) < 4.78 is 14.6. The molecule has 1 atom stereocenters. The van der Waals surface area contributed by atoms with Gasteiger partial charge in [-0.2, -0.15) is 0 Å². The number of thiocarbonyl (C=S) groups is 1. The molecular formula is C23H19FN4O2S. The number of anilines is 2. The summed E-state index contributed by atoms with van der Waals surface area (Å²) >= 11 is 5.55. The monoisotopic (exact) mass is 434 g/mol. The number of benzene rings is 2. The van der Waals surface area contributed by atoms with Crippen LogP contribution in [-0.4, -0.2) is 32.9 Å². The molecule has 2 amide bonds. The summed E-state index contributed by atoms with van der Waals surface area (Å²) in [6.45, 7) is 0.188. The zero-order chi connectivity index (χ0) is 21.8. The number of carbonyl (C=O) groups excluding carboxylic acids is 2. The van der Waals surface area contributed by atoms with Crippen LogP contribution in [0, 0.1) is 5.82 Å². The highest BCUT2D eigenvalue weighted by molar-refractivity contribution is 7.80. The highest BCUT2D eigenvalue weighted by Gasteiger charge is 2.44. The van der Waals surface area contributed by atoms with Gasteiger partial charge in [0.1, 0.15) is 11.9 Å². The van der Waals surface area contributed by atoms with Gasteiger partial charge >= 0.3 is 0 Å². The van der Waals surface area contributed by atoms with Gasteiger partial charge in [-0.25, -0.2) is 4.39 Å². The fourth-order valence-electron chi connectivity index (χ4n) is 3.47. The number of nitrogens with zero attached hydrogens (tertiary/aromatic N) is 3. The van der Waals surface area contributed by atoms with Crippen LogP contribution < -0.4 is 10.2 Å². The third-order valence-electron chi connectivity index (χ3n) is 4.91. The SMILES string of the molecule is O=C(CC1C(=O)N(Cc2cccnc2)C(=S)N1c1ccccc1F)Nc1ccccc1. The number of para-hydroxylation sites is 2. The number of hydrogen-bond acceptors (Lipinski definition) is 4. The number of nitrogens with one attached hydrogen (secondary N) is 1. The summed E-state index contributed by atoms with van der Waals surface area (Å²) in [7, 11) is 0. The van der Waals surface area contributed by atoms with Gasteiger partial charge in [0, 0.05) is 18.1 Å². The maximum absolute atomic E-state index is 14.6. The third kappa shape index (κ3) is 4.44. The molecule has 0 aliphatic carbocycles. The summed E-state index contributed by atoms with van der Waals surface area (Å²) in [5.41, 5.74) is 1.55. The lowest BCUT2D eigenvalue weighted by molar-refractivity contribution is -0.129. The van der Waals surface area contributed by atoms with Crippen LogP contribution in [0.5, 0.6) is 0 Å². The maximum atomic E-state index is 14.6. The Hall–Kier alpha value is -3.65. The number of halogens is 1. The number of amides is 2. The summed E-state index contributed by atoms with van der Waals surface area (Å²) in [5.74, 6) is -1.24. The first-order valence-corrected chi connectivity index (χ1v) is 10.1. The molecule has 2 aromatic carbocycles. The first kappa shape index (κ1) is 20.6. The lowest BCUT2D eigenvalue weighted by Crippen LogP contribution is -2.38. The van der Waals surface area contributed by atoms with Gasteiger partial charge in [0.15, 0.2) is 5.11 Å². The molecule has 1 unspecified atom stereocenters. The predicted octanol–water partition coefficient (Wildman–Crippen LogP) is 3.75. The molecular weight excluding hydrogens is 415 g/mol. The molecule has 8 heteroatoms. The second-order valence-corrected chi connectivity index (χ2v) is 7.39. The number of pyridine rings is 1. The lowest BCUT2D eigenvalue weighted by Gasteiger charge is -2.24. The average Bonchev–Trinajstić information content (AvgIpc) is 3.00. The summed E-state index contributed by atoms with van der Waals surface area (Å²) in [4.78, 5) is 32.8. The molecule has 1 fully saturated rings. The average molecular weight is 434 g/mol. The molecule has 1 N–H and O–H groups in total. The normalized spacial score (nSPS) is 16.0. The number of aromatic nitrogens is 1. The van der Waals surface area contributed by atoms with Crippen molar-refractivity contribution in [2.75, 3.05) is 10.2 Å². The Labute approximate surface area is 184 Å². The highest BCUT2D eigenvalue weighted by Crippen LogP contribution is 2.31. The predicted molar refractivity (Wildman–Crippen MR) is 120 cm³/mol. The smallest absolute Gasteiger partial charge is 0.252 e. The minimum atomic E-state index is -0.954. The summed E-state index contributed by atoms with van der Waals surface area (Å²) in [5, 5.41) is 2.92. The van der Waals surface area contributed by atoms with E-state index in [1.54, 1.807) is 60.9 Å². The number of carbonyl (C=O) groups is 2. The van der Waals surface area contributed by atoms with Crippen LogP contribution in [0.2, 0.25) is 0 Å². The molecule has 1 aromatic heterocycles. The van der Waals surface area contributed by atoms with Crippen molar-refractivity contribution in [2.24, 2.45) is 0 Å². The molecule has 0 radical (unpaired) electrons. The van der Waals surface area contributed by atoms with Gasteiger partial charge in [0.2, 0.25) is 5.91 Å². The van der Waals surface area contributed by atoms with Crippen molar-refractivity contribution in [3.05, 3.63) is 90.5 Å². The number of hydrogen-bond donors (Lipinski definition) is 1. The van der Waals surface area contributed by atoms with Crippen LogP contribution in [0.25, 0.3) is 0 Å². The highest BCUT2D eigenvalue weighted by atomic mass is 32.1. The van der Waals surface area contributed by atoms with E-state index in [0.29, 0.717) is 5.69 Å². The molecule has 6 nitrogen and oxygen atoms in total. The van der Waals surface area contributed by atoms with Gasteiger partial charge in [0.05, 0.1) is 18.7 Å². The Kier molecular flexibility index (Phi) is 5.99. The molecule has 156 valence electrons. The first-order chi connectivity index (χ1) is 15.0. The standard InChI is InChI=1S/C23H19FN4O2S/c24-18-10-4-5-11-19(18)28-20(13-21(29)26-17-8-2-1-3-9-17)22(30)27(23(28)31)15-16-7-6-12-25-14-16/h1-12,14,20H,13,15H2,(H,26,29). The van der Waals surface area contributed by atoms with Crippen molar-refractivity contribution >= 4 is 40.5 Å². The molecule has 1 saturated heterocycles. The van der Waals surface area contributed by atoms with Crippen molar-refractivity contribution in [3.8, 4) is 0 Å². The Morgan fingerprint density at radius 2 is 1.81 bits per heavy atom. The van der Waals surface area contributed by atoms with Crippen LogP contribution in [0.3, 0.4) is 0 Å². The Morgan fingerprint density at radius 3 is 2.52 bits per heavy atom. The van der Waals surface area contributed by atoms with Gasteiger partial charge in [-0.3, -0.25) is 19.5 Å². The maximum Gasteiger partial charge on any atom is 0.252 e. The van der Waals surface area contributed by atoms with E-state index in [0.717, 1.165) is 5.56 Å². The van der Waals surface area contributed by atoms with E-state index in [1.807, 2.05) is 12.1 Å². The molecule has 1 aliphatic rings. The van der Waals surface area contributed by atoms with Gasteiger partial charge in [-0.1, -0.05) is 36.4 Å². The number of rotatable bonds is 6. The van der Waals surface area contributed by atoms with Crippen LogP contribution in [-0.2, 0) is 16.1 Å². The zero-order valence-electron chi connectivity index (χ0n) is 16.4. The Morgan fingerprint density at radius 1 is 1.06 bits per heavy atom. The van der Waals surface area contributed by atoms with E-state index < -0.39 is 11.9 Å². The fraction of sp³-hybridized carbons (Fsp3) is 0.130. The minimum absolute atomic E-state index is 0.150. The lowest BCUT2D eigenvalue weighted by atomic mass is 10.1. The van der Waals surface area contributed by atoms with E-state index in [4.69, 9.17) is 12.2 Å². The molecule has 0 saturated carbocycles. The molecule has 4 rings (SSSR count). The van der Waals surface area contributed by atoms with Crippen LogP contribution >= 0.6 is 12.2 Å². The third-order valence-corrected chi connectivity index (χ3v) is 5.33. The molecule has 31 heavy (non-hydrogen) atoms. The second kappa shape index (κ2) is 9.01. The quantitative estimate of drug-likeness (QED) is 0.599. The summed E-state index contributed by atoms with van der Waals surface area (Å²) in [6.07, 6.45) is 3.10. The Bertz CT molecular complexity index is 1110. The molecule has 0 bridgehead atoms. The van der Waals surface area contributed by atoms with Crippen LogP contribution in [0.4, 0.5) is 15.8 Å². The van der Waals surface area contributed by atoms with Gasteiger partial charge < -0.3 is 10.2 Å². The first-order valence-electron chi connectivity index (χ1n) is 9.67. The van der Waals surface area contributed by atoms with Crippen molar-refractivity contribution < 1.29 is 14.0 Å². The van der Waals surface area contributed by atoms with Gasteiger partial charge in [-0.05, 0) is 48.1 Å². The minimum Gasteiger partial charge on any atom is -0.326 e. The molecule has 1 aliphatic heterocycles. The van der Waals surface area contributed by atoms with E-state index in [2.05, 4.69) is 10.3 Å². The van der Waals surface area contributed by atoms with Crippen molar-refractivity contribution in [3.63, 3.8) is 0 Å². The van der Waals surface area contributed by atoms with Crippen molar-refractivity contribution in [2.45, 2.75) is 19.0 Å². The topological polar surface area (TPSA) is 65.5 Å². The molecule has 3 aromatic rings. The molecule has 2 heterocycles. The second-order valence-electron chi connectivity index (χ2n) is 7.02. The van der Waals surface area contributed by atoms with E-state index >= 15 is 0 Å². The Balaban J connectivity index is 1.62. The van der Waals surface area contributed by atoms with Crippen molar-refractivity contribution in [1.82, 2.24) is 9.88 Å². The zero-order valence-corrected chi connectivity index (χ0v) is 17.3. The van der Waals surface area contributed by atoms with Crippen molar-refractivity contribution in [1.29, 1.82) is 0 Å². The van der Waals surface area contributed by atoms with E-state index in [1.165, 1.54) is 15.9 Å². The van der Waals surface area contributed by atoms with Gasteiger partial charge in [0.25, 0.3) is 5.91 Å². The van der Waals surface area contributed by atoms with Crippen LogP contribution in [0.15, 0.2) is 79.1 Å². The van der Waals surface area contributed by atoms with Gasteiger partial charge in [-0.15, -0.1) is 0 Å².